The minimum absolute atomic E-state index is 0.120. The number of amides is 2. The molecule has 0 saturated carbocycles. The summed E-state index contributed by atoms with van der Waals surface area (Å²) >= 11 is 0. The molecule has 17 nitrogen and oxygen atoms in total. The maximum atomic E-state index is 13.2. The predicted octanol–water partition coefficient (Wildman–Crippen LogP) is 5.38. The van der Waals surface area contributed by atoms with Crippen LogP contribution in [-0.2, 0) is 40.3 Å². The van der Waals surface area contributed by atoms with Crippen molar-refractivity contribution >= 4 is 90.6 Å². The van der Waals surface area contributed by atoms with Crippen molar-refractivity contribution in [2.24, 2.45) is 0 Å². The molecule has 0 fully saturated rings. The summed E-state index contributed by atoms with van der Waals surface area (Å²) in [6.45, 7) is 2.82. The van der Waals surface area contributed by atoms with Gasteiger partial charge in [-0.2, -0.15) is 16.8 Å². The molecule has 0 atom stereocenters. The summed E-state index contributed by atoms with van der Waals surface area (Å²) in [6.07, 6.45) is 0. The Labute approximate surface area is 320 Å². The monoisotopic (exact) mass is 842 g/mol. The quantitative estimate of drug-likeness (QED) is 0.0804. The lowest BCUT2D eigenvalue weighted by atomic mass is 10.1. The zero-order valence-electron chi connectivity index (χ0n) is 28.8. The lowest BCUT2D eigenvalue weighted by Crippen LogP contribution is -2.42. The van der Waals surface area contributed by atoms with E-state index >= 15 is 0 Å². The Balaban J connectivity index is 1.17. The zero-order valence-corrected chi connectivity index (χ0v) is 32.1. The minimum Gasteiger partial charge on any atom is -0.507 e. The van der Waals surface area contributed by atoms with E-state index in [4.69, 9.17) is 0 Å². The fourth-order valence-corrected chi connectivity index (χ4v) is 9.33. The zero-order chi connectivity index (χ0) is 41.0. The van der Waals surface area contributed by atoms with Crippen LogP contribution in [0.4, 0.5) is 27.5 Å². The molecule has 6 aromatic rings. The van der Waals surface area contributed by atoms with Crippen LogP contribution in [0.1, 0.15) is 11.1 Å². The number of anilines is 4. The fourth-order valence-electron chi connectivity index (χ4n) is 5.94. The molecule has 292 valence electrons. The Morgan fingerprint density at radius 2 is 0.875 bits per heavy atom. The third-order valence-electron chi connectivity index (χ3n) is 8.43. The van der Waals surface area contributed by atoms with E-state index in [1.165, 1.54) is 50.2 Å². The lowest BCUT2D eigenvalue weighted by Gasteiger charge is -2.15. The highest BCUT2D eigenvalue weighted by molar-refractivity contribution is 7.91. The van der Waals surface area contributed by atoms with Crippen LogP contribution in [0.5, 0.6) is 11.5 Å². The molecule has 0 aliphatic carbocycles. The number of hydrogen-bond acceptors (Lipinski definition) is 13. The molecule has 0 heterocycles. The second-order valence-corrected chi connectivity index (χ2v) is 18.5. The Morgan fingerprint density at radius 3 is 1.21 bits per heavy atom. The Hall–Kier alpha value is -5.97. The molecule has 0 saturated heterocycles. The van der Waals surface area contributed by atoms with E-state index in [0.717, 1.165) is 36.4 Å². The molecular weight excluding hydrogens is 813 g/mol. The number of carbonyl (C=O) groups is 1. The molecule has 0 unspecified atom stereocenters. The molecule has 0 aliphatic rings. The minimum atomic E-state index is -4.66. The number of aromatic hydroxyl groups is 2. The van der Waals surface area contributed by atoms with Crippen molar-refractivity contribution < 1.29 is 57.8 Å². The van der Waals surface area contributed by atoms with Gasteiger partial charge in [0.05, 0.1) is 19.6 Å². The summed E-state index contributed by atoms with van der Waals surface area (Å²) in [5, 5.41) is 27.6. The molecule has 0 radical (unpaired) electrons. The van der Waals surface area contributed by atoms with Crippen LogP contribution in [0.15, 0.2) is 117 Å². The maximum absolute atomic E-state index is 13.2. The van der Waals surface area contributed by atoms with Crippen LogP contribution in [0.2, 0.25) is 0 Å². The van der Waals surface area contributed by atoms with Gasteiger partial charge in [-0.05, 0) is 85.6 Å². The van der Waals surface area contributed by atoms with Crippen molar-refractivity contribution in [2.75, 3.05) is 10.6 Å². The summed E-state index contributed by atoms with van der Waals surface area (Å²) in [4.78, 5) is 10.9. The largest absolute Gasteiger partial charge is 0.507 e. The molecule has 2 amide bonds. The summed E-state index contributed by atoms with van der Waals surface area (Å²) in [7, 11) is -18.6. The standard InChI is InChI=1S/C35H30N4O13S4/c1-19-13-21(36-29-7-3-5-25-27(29)15-23(17-31(25)40)55(47,48)49)9-11-33(19)53(43,44)38-35(42)39-54(45,46)34-12-10-22(14-20(34)2)37-30-8-4-6-26-28(30)16-24(18-32(26)41)56(50,51)52/h3-18,36-37,40-41H,1-2H3,(H2,38,39,42)(H,47,48,49)(H,50,51,52). The van der Waals surface area contributed by atoms with Gasteiger partial charge in [0.15, 0.2) is 0 Å². The van der Waals surface area contributed by atoms with Gasteiger partial charge in [-0.1, -0.05) is 24.3 Å². The first kappa shape index (κ1) is 39.7. The normalized spacial score (nSPS) is 12.4. The SMILES string of the molecule is Cc1cc(Nc2cccc3c(O)cc(S(=O)(=O)O)cc23)ccc1S(=O)(=O)NC(=O)NS(=O)(=O)c1ccc(Nc2cccc3c(O)cc(S(=O)(=O)O)cc23)cc1C. The lowest BCUT2D eigenvalue weighted by molar-refractivity contribution is 0.250. The fraction of sp³-hybridized carbons (Fsp3) is 0.0571. The van der Waals surface area contributed by atoms with Crippen molar-refractivity contribution in [3.63, 3.8) is 0 Å². The van der Waals surface area contributed by atoms with E-state index in [0.29, 0.717) is 22.7 Å². The van der Waals surface area contributed by atoms with Gasteiger partial charge in [0.25, 0.3) is 40.3 Å². The maximum Gasteiger partial charge on any atom is 0.342 e. The molecule has 56 heavy (non-hydrogen) atoms. The predicted molar refractivity (Wildman–Crippen MR) is 206 cm³/mol. The van der Waals surface area contributed by atoms with Crippen LogP contribution in [0.25, 0.3) is 21.5 Å². The van der Waals surface area contributed by atoms with Gasteiger partial charge in [0, 0.05) is 56.4 Å². The molecule has 0 spiro atoms. The van der Waals surface area contributed by atoms with Crippen LogP contribution < -0.4 is 20.1 Å². The molecular formula is C35H30N4O13S4. The average Bonchev–Trinajstić information content (AvgIpc) is 3.07. The first-order valence-electron chi connectivity index (χ1n) is 15.8. The van der Waals surface area contributed by atoms with Gasteiger partial charge in [-0.3, -0.25) is 9.11 Å². The first-order chi connectivity index (χ1) is 26.0. The van der Waals surface area contributed by atoms with E-state index in [2.05, 4.69) is 10.6 Å². The van der Waals surface area contributed by atoms with Gasteiger partial charge in [-0.25, -0.2) is 31.1 Å². The summed E-state index contributed by atoms with van der Waals surface area (Å²) in [5.74, 6) is -0.819. The van der Waals surface area contributed by atoms with Crippen molar-refractivity contribution in [1.29, 1.82) is 0 Å². The van der Waals surface area contributed by atoms with Gasteiger partial charge >= 0.3 is 6.03 Å². The van der Waals surface area contributed by atoms with E-state index in [1.807, 2.05) is 0 Å². The van der Waals surface area contributed by atoms with Crippen molar-refractivity contribution in [2.45, 2.75) is 33.4 Å². The van der Waals surface area contributed by atoms with Crippen molar-refractivity contribution in [3.05, 3.63) is 108 Å². The molecule has 6 rings (SSSR count). The smallest absolute Gasteiger partial charge is 0.342 e. The number of phenolic OH excluding ortho intramolecular Hbond substituents is 2. The molecule has 0 aliphatic heterocycles. The molecule has 0 aromatic heterocycles. The Morgan fingerprint density at radius 1 is 0.500 bits per heavy atom. The number of sulfonamides is 2. The summed E-state index contributed by atoms with van der Waals surface area (Å²) in [5.41, 5.74) is 1.45. The van der Waals surface area contributed by atoms with Crippen molar-refractivity contribution in [3.8, 4) is 11.5 Å². The van der Waals surface area contributed by atoms with Gasteiger partial charge in [0.2, 0.25) is 0 Å². The van der Waals surface area contributed by atoms with Crippen LogP contribution in [-0.4, -0.2) is 59.0 Å². The highest BCUT2D eigenvalue weighted by atomic mass is 32.2. The highest BCUT2D eigenvalue weighted by Gasteiger charge is 2.26. The van der Waals surface area contributed by atoms with Gasteiger partial charge in [0.1, 0.15) is 11.5 Å². The van der Waals surface area contributed by atoms with Crippen LogP contribution in [0.3, 0.4) is 0 Å². The van der Waals surface area contributed by atoms with Gasteiger partial charge < -0.3 is 20.8 Å². The molecule has 6 aromatic carbocycles. The third-order valence-corrected chi connectivity index (χ3v) is 13.1. The number of fused-ring (bicyclic) bond motifs is 2. The second-order valence-electron chi connectivity index (χ2n) is 12.4. The number of rotatable bonds is 10. The summed E-state index contributed by atoms with van der Waals surface area (Å²) in [6, 6.07) is 19.5. The van der Waals surface area contributed by atoms with E-state index in [1.54, 1.807) is 33.7 Å². The number of carbonyl (C=O) groups excluding carboxylic acids is 1. The number of aryl methyl sites for hydroxylation is 2. The highest BCUT2D eigenvalue weighted by Crippen LogP contribution is 2.36. The molecule has 0 bridgehead atoms. The third kappa shape index (κ3) is 8.17. The topological polar surface area (TPSA) is 283 Å². The number of hydrogen-bond donors (Lipinski definition) is 8. The average molecular weight is 843 g/mol. The van der Waals surface area contributed by atoms with E-state index < -0.39 is 67.6 Å². The van der Waals surface area contributed by atoms with Gasteiger partial charge in [-0.15, -0.1) is 0 Å². The second kappa shape index (κ2) is 14.3. The molecule has 21 heteroatoms. The van der Waals surface area contributed by atoms with Crippen LogP contribution in [0, 0.1) is 13.8 Å². The molecule has 8 N–H and O–H groups in total. The Bertz CT molecular complexity index is 2880. The van der Waals surface area contributed by atoms with E-state index in [-0.39, 0.29) is 42.5 Å². The van der Waals surface area contributed by atoms with Crippen molar-refractivity contribution in [1.82, 2.24) is 9.44 Å². The first-order valence-corrected chi connectivity index (χ1v) is 21.7. The number of nitrogens with one attached hydrogen (secondary N) is 4. The Kier molecular flexibility index (Phi) is 10.1. The number of urea groups is 1. The summed E-state index contributed by atoms with van der Waals surface area (Å²) < 4.78 is 122. The number of benzene rings is 6. The van der Waals surface area contributed by atoms with Crippen LogP contribution >= 0.6 is 0 Å². The van der Waals surface area contributed by atoms with E-state index in [9.17, 15) is 57.8 Å². The number of phenols is 2.